The monoisotopic (exact) mass is 168 g/mol. The van der Waals surface area contributed by atoms with Crippen molar-refractivity contribution in [3.8, 4) is 0 Å². The number of nitrogens with two attached hydrogens (primary N) is 1. The molecule has 0 aliphatic carbocycles. The molecule has 4 N–H and O–H groups in total. The molecule has 0 spiro atoms. The topological polar surface area (TPSA) is 73.9 Å². The van der Waals surface area contributed by atoms with E-state index in [1.165, 1.54) is 0 Å². The van der Waals surface area contributed by atoms with E-state index in [9.17, 15) is 0 Å². The molecular formula is C7H12N4O. The number of aliphatic hydroxyl groups excluding tert-OH is 1. The van der Waals surface area contributed by atoms with E-state index in [0.717, 1.165) is 5.70 Å². The molecule has 0 saturated carbocycles. The number of nitrogens with zero attached hydrogens (tertiary/aromatic N) is 2. The predicted molar refractivity (Wildman–Crippen MR) is 45.0 cm³/mol. The molecule has 2 rings (SSSR count). The largest absolute Gasteiger partial charge is 0.394 e. The molecule has 1 saturated heterocycles. The molecule has 2 heterocycles. The van der Waals surface area contributed by atoms with E-state index in [0.29, 0.717) is 6.54 Å². The lowest BCUT2D eigenvalue weighted by Crippen LogP contribution is -2.42. The molecule has 0 aromatic rings. The molecular weight excluding hydrogens is 156 g/mol. The number of hydrazine groups is 1. The molecule has 5 nitrogen and oxygen atoms in total. The number of hydrogen-bond acceptors (Lipinski definition) is 5. The highest BCUT2D eigenvalue weighted by atomic mass is 16.3. The van der Waals surface area contributed by atoms with Crippen LogP contribution in [-0.2, 0) is 0 Å². The van der Waals surface area contributed by atoms with Gasteiger partial charge in [-0.15, -0.1) is 0 Å². The van der Waals surface area contributed by atoms with E-state index in [-0.39, 0.29) is 18.7 Å². The molecule has 12 heavy (non-hydrogen) atoms. The molecule has 2 atom stereocenters. The summed E-state index contributed by atoms with van der Waals surface area (Å²) in [7, 11) is 0. The van der Waals surface area contributed by atoms with Gasteiger partial charge >= 0.3 is 0 Å². The van der Waals surface area contributed by atoms with Crippen molar-refractivity contribution in [2.75, 3.05) is 13.2 Å². The Labute approximate surface area is 70.5 Å². The first-order chi connectivity index (χ1) is 5.83. The van der Waals surface area contributed by atoms with Crippen molar-refractivity contribution in [1.82, 2.24) is 10.4 Å². The summed E-state index contributed by atoms with van der Waals surface area (Å²) in [5.41, 5.74) is 9.87. The first-order valence-corrected chi connectivity index (χ1v) is 3.96. The third-order valence-corrected chi connectivity index (χ3v) is 2.12. The standard InChI is InChI=1S/C7H12N4O/c8-7-5-3-9-4-6(5)11(10-7)1-2-12/h3-5,7,10,12H,1-2,8H2. The molecule has 0 amide bonds. The van der Waals surface area contributed by atoms with Crippen LogP contribution in [0.5, 0.6) is 0 Å². The summed E-state index contributed by atoms with van der Waals surface area (Å²) < 4.78 is 0. The zero-order valence-electron chi connectivity index (χ0n) is 6.64. The van der Waals surface area contributed by atoms with Gasteiger partial charge in [0.2, 0.25) is 0 Å². The smallest absolute Gasteiger partial charge is 0.0862 e. The lowest BCUT2D eigenvalue weighted by atomic mass is 10.1. The van der Waals surface area contributed by atoms with Crippen LogP contribution in [0.2, 0.25) is 0 Å². The minimum absolute atomic E-state index is 0.103. The summed E-state index contributed by atoms with van der Waals surface area (Å²) in [4.78, 5) is 4.02. The van der Waals surface area contributed by atoms with Gasteiger partial charge in [-0.1, -0.05) is 0 Å². The van der Waals surface area contributed by atoms with Crippen LogP contribution in [0.25, 0.3) is 0 Å². The van der Waals surface area contributed by atoms with Gasteiger partial charge in [-0.05, 0) is 0 Å². The third-order valence-electron chi connectivity index (χ3n) is 2.12. The number of β-amino-alcohol motifs (C(OH)–C–C–N with tert-alkyl or cyclic N) is 1. The minimum atomic E-state index is -0.103. The molecule has 2 aliphatic heterocycles. The highest BCUT2D eigenvalue weighted by Crippen LogP contribution is 2.25. The quantitative estimate of drug-likeness (QED) is 0.475. The summed E-state index contributed by atoms with van der Waals surface area (Å²) in [6.07, 6.45) is 3.50. The zero-order valence-corrected chi connectivity index (χ0v) is 6.64. The fraction of sp³-hybridized carbons (Fsp3) is 0.571. The Morgan fingerprint density at radius 3 is 3.33 bits per heavy atom. The molecule has 66 valence electrons. The van der Waals surface area contributed by atoms with Gasteiger partial charge in [0.15, 0.2) is 0 Å². The Morgan fingerprint density at radius 2 is 2.58 bits per heavy atom. The third kappa shape index (κ3) is 1.03. The Bertz CT molecular complexity index is 238. The van der Waals surface area contributed by atoms with Gasteiger partial charge in [0, 0.05) is 12.4 Å². The van der Waals surface area contributed by atoms with Crippen molar-refractivity contribution in [1.29, 1.82) is 0 Å². The predicted octanol–water partition coefficient (Wildman–Crippen LogP) is -1.37. The summed E-state index contributed by atoms with van der Waals surface area (Å²) in [6, 6.07) is 0. The van der Waals surface area contributed by atoms with Gasteiger partial charge in [0.05, 0.1) is 30.9 Å². The first kappa shape index (κ1) is 7.72. The Balaban J connectivity index is 2.11. The van der Waals surface area contributed by atoms with Crippen molar-refractivity contribution in [3.63, 3.8) is 0 Å². The van der Waals surface area contributed by atoms with Crippen molar-refractivity contribution in [3.05, 3.63) is 11.9 Å². The van der Waals surface area contributed by atoms with Crippen LogP contribution in [0.15, 0.2) is 16.9 Å². The van der Waals surface area contributed by atoms with Crippen molar-refractivity contribution >= 4 is 6.21 Å². The Kier molecular flexibility index (Phi) is 1.84. The molecule has 1 fully saturated rings. The highest BCUT2D eigenvalue weighted by Gasteiger charge is 2.34. The second-order valence-electron chi connectivity index (χ2n) is 2.91. The summed E-state index contributed by atoms with van der Waals surface area (Å²) in [6.45, 7) is 0.670. The zero-order chi connectivity index (χ0) is 8.55. The lowest BCUT2D eigenvalue weighted by molar-refractivity contribution is 0.196. The fourth-order valence-electron chi connectivity index (χ4n) is 1.53. The molecule has 0 radical (unpaired) electrons. The maximum absolute atomic E-state index is 8.74. The Morgan fingerprint density at radius 1 is 1.75 bits per heavy atom. The van der Waals surface area contributed by atoms with Crippen molar-refractivity contribution in [2.24, 2.45) is 16.6 Å². The van der Waals surface area contributed by atoms with Crippen LogP contribution in [0, 0.1) is 5.92 Å². The van der Waals surface area contributed by atoms with Gasteiger partial charge in [-0.25, -0.2) is 5.43 Å². The first-order valence-electron chi connectivity index (χ1n) is 3.96. The maximum Gasteiger partial charge on any atom is 0.0862 e. The number of aliphatic imine (C=N–C) groups is 1. The van der Waals surface area contributed by atoms with E-state index >= 15 is 0 Å². The van der Waals surface area contributed by atoms with Gasteiger partial charge in [0.25, 0.3) is 0 Å². The number of hydrogen-bond donors (Lipinski definition) is 3. The molecule has 2 aliphatic rings. The summed E-state index contributed by atoms with van der Waals surface area (Å²) >= 11 is 0. The van der Waals surface area contributed by atoms with Gasteiger partial charge in [-0.3, -0.25) is 4.99 Å². The second-order valence-corrected chi connectivity index (χ2v) is 2.91. The number of rotatable bonds is 2. The average Bonchev–Trinajstić information content (AvgIpc) is 2.58. The van der Waals surface area contributed by atoms with Crippen LogP contribution in [0.4, 0.5) is 0 Å². The van der Waals surface area contributed by atoms with Crippen LogP contribution in [0.1, 0.15) is 0 Å². The molecule has 2 unspecified atom stereocenters. The van der Waals surface area contributed by atoms with Crippen LogP contribution in [0.3, 0.4) is 0 Å². The Hall–Kier alpha value is -0.910. The van der Waals surface area contributed by atoms with E-state index in [1.54, 1.807) is 6.20 Å². The van der Waals surface area contributed by atoms with Crippen LogP contribution >= 0.6 is 0 Å². The SMILES string of the molecule is NC1NN(CCO)C2=CN=CC21. The normalized spacial score (nSPS) is 32.5. The molecule has 0 aromatic carbocycles. The van der Waals surface area contributed by atoms with E-state index in [1.807, 2.05) is 11.2 Å². The van der Waals surface area contributed by atoms with Crippen LogP contribution < -0.4 is 11.2 Å². The van der Waals surface area contributed by atoms with Crippen LogP contribution in [-0.4, -0.2) is 35.6 Å². The molecule has 0 bridgehead atoms. The second kappa shape index (κ2) is 2.85. The molecule has 0 aromatic heterocycles. The number of nitrogens with one attached hydrogen (secondary N) is 1. The lowest BCUT2D eigenvalue weighted by Gasteiger charge is -2.17. The van der Waals surface area contributed by atoms with Crippen molar-refractivity contribution in [2.45, 2.75) is 6.17 Å². The summed E-state index contributed by atoms with van der Waals surface area (Å²) in [5, 5.41) is 10.6. The van der Waals surface area contributed by atoms with E-state index in [4.69, 9.17) is 10.8 Å². The molecule has 5 heteroatoms. The highest BCUT2D eigenvalue weighted by molar-refractivity contribution is 5.70. The van der Waals surface area contributed by atoms with Gasteiger partial charge < -0.3 is 15.8 Å². The van der Waals surface area contributed by atoms with Gasteiger partial charge in [0.1, 0.15) is 0 Å². The van der Waals surface area contributed by atoms with E-state index in [2.05, 4.69) is 10.4 Å². The average molecular weight is 168 g/mol. The fourth-order valence-corrected chi connectivity index (χ4v) is 1.53. The summed E-state index contributed by atoms with van der Waals surface area (Å²) in [5.74, 6) is 0.177. The maximum atomic E-state index is 8.74. The van der Waals surface area contributed by atoms with Gasteiger partial charge in [-0.2, -0.15) is 0 Å². The number of aliphatic hydroxyl groups is 1. The van der Waals surface area contributed by atoms with E-state index < -0.39 is 0 Å². The minimum Gasteiger partial charge on any atom is -0.394 e. The van der Waals surface area contributed by atoms with Crippen molar-refractivity contribution < 1.29 is 5.11 Å². The number of fused-ring (bicyclic) bond motifs is 1.